The second kappa shape index (κ2) is 6.34. The van der Waals surface area contributed by atoms with Gasteiger partial charge in [0.25, 0.3) is 5.56 Å². The Morgan fingerprint density at radius 1 is 1.33 bits per heavy atom. The second-order valence-electron chi connectivity index (χ2n) is 5.91. The van der Waals surface area contributed by atoms with Gasteiger partial charge in [0.05, 0.1) is 9.26 Å². The number of aromatic nitrogens is 2. The molecule has 116 valence electrons. The van der Waals surface area contributed by atoms with E-state index in [0.717, 1.165) is 34.9 Å². The highest BCUT2D eigenvalue weighted by atomic mass is 127. The molecule has 0 bridgehead atoms. The third-order valence-corrected chi connectivity index (χ3v) is 5.80. The maximum Gasteiger partial charge on any atom is 0.264 e. The number of H-pyrrole nitrogens is 1. The summed E-state index contributed by atoms with van der Waals surface area (Å²) in [4.78, 5) is 20.1. The van der Waals surface area contributed by atoms with Crippen molar-refractivity contribution in [2.45, 2.75) is 50.0 Å². The minimum Gasteiger partial charge on any atom is -0.381 e. The van der Waals surface area contributed by atoms with Gasteiger partial charge in [-0.25, -0.2) is 4.98 Å². The number of ether oxygens (including phenoxy) is 2. The summed E-state index contributed by atoms with van der Waals surface area (Å²) in [5.74, 6) is 1.10. The first kappa shape index (κ1) is 15.4. The molecule has 0 amide bonds. The molecule has 0 atom stereocenters. The molecular formula is C15H21IN2O3. The van der Waals surface area contributed by atoms with E-state index in [-0.39, 0.29) is 5.56 Å². The lowest BCUT2D eigenvalue weighted by molar-refractivity contribution is -0.100. The van der Waals surface area contributed by atoms with Crippen LogP contribution in [-0.4, -0.2) is 30.3 Å². The summed E-state index contributed by atoms with van der Waals surface area (Å²) in [5, 5.41) is 0. The van der Waals surface area contributed by atoms with Crippen LogP contribution in [0.5, 0.6) is 0 Å². The van der Waals surface area contributed by atoms with Gasteiger partial charge in [0.2, 0.25) is 0 Å². The van der Waals surface area contributed by atoms with Crippen molar-refractivity contribution in [2.75, 3.05) is 20.3 Å². The molecule has 1 saturated heterocycles. The molecule has 1 N–H and O–H groups in total. The van der Waals surface area contributed by atoms with E-state index in [1.807, 2.05) is 0 Å². The topological polar surface area (TPSA) is 64.2 Å². The average Bonchev–Trinajstić information content (AvgIpc) is 3.04. The van der Waals surface area contributed by atoms with E-state index in [9.17, 15) is 4.79 Å². The van der Waals surface area contributed by atoms with Crippen LogP contribution in [0.3, 0.4) is 0 Å². The molecule has 6 heteroatoms. The Bertz CT molecular complexity index is 561. The van der Waals surface area contributed by atoms with Gasteiger partial charge in [0.1, 0.15) is 11.4 Å². The van der Waals surface area contributed by atoms with Crippen molar-refractivity contribution in [3.8, 4) is 0 Å². The first-order valence-electron chi connectivity index (χ1n) is 7.59. The van der Waals surface area contributed by atoms with Crippen LogP contribution in [0.1, 0.15) is 56.0 Å². The van der Waals surface area contributed by atoms with Crippen LogP contribution in [0.25, 0.3) is 0 Å². The minimum absolute atomic E-state index is 0.0367. The third kappa shape index (κ3) is 2.90. The fourth-order valence-corrected chi connectivity index (χ4v) is 4.10. The van der Waals surface area contributed by atoms with E-state index in [0.29, 0.717) is 25.0 Å². The van der Waals surface area contributed by atoms with E-state index in [2.05, 4.69) is 27.6 Å². The lowest BCUT2D eigenvalue weighted by Gasteiger charge is -2.35. The summed E-state index contributed by atoms with van der Waals surface area (Å²) in [6, 6.07) is 0. The summed E-state index contributed by atoms with van der Waals surface area (Å²) in [5.41, 5.74) is 0.426. The predicted molar refractivity (Wildman–Crippen MR) is 87.5 cm³/mol. The smallest absolute Gasteiger partial charge is 0.264 e. The van der Waals surface area contributed by atoms with Crippen LogP contribution in [-0.2, 0) is 15.1 Å². The van der Waals surface area contributed by atoms with Gasteiger partial charge in [-0.3, -0.25) is 4.79 Å². The number of rotatable bonds is 3. The molecule has 1 aliphatic heterocycles. The Labute approximate surface area is 138 Å². The van der Waals surface area contributed by atoms with Crippen molar-refractivity contribution in [1.82, 2.24) is 9.97 Å². The first-order chi connectivity index (χ1) is 10.2. The minimum atomic E-state index is -0.505. The second-order valence-corrected chi connectivity index (χ2v) is 6.98. The third-order valence-electron chi connectivity index (χ3n) is 4.75. The fraction of sp³-hybridized carbons (Fsp3) is 0.733. The molecule has 1 aliphatic carbocycles. The van der Waals surface area contributed by atoms with Crippen molar-refractivity contribution < 1.29 is 9.47 Å². The molecule has 2 heterocycles. The molecule has 2 fully saturated rings. The molecule has 0 radical (unpaired) electrons. The molecular weight excluding hydrogens is 383 g/mol. The zero-order valence-electron chi connectivity index (χ0n) is 12.3. The van der Waals surface area contributed by atoms with E-state index in [4.69, 9.17) is 14.5 Å². The summed E-state index contributed by atoms with van der Waals surface area (Å²) in [6.07, 6.45) is 6.19. The van der Waals surface area contributed by atoms with Gasteiger partial charge in [-0.15, -0.1) is 0 Å². The highest BCUT2D eigenvalue weighted by molar-refractivity contribution is 14.1. The highest BCUT2D eigenvalue weighted by Crippen LogP contribution is 2.37. The van der Waals surface area contributed by atoms with Gasteiger partial charge in [0, 0.05) is 39.1 Å². The molecule has 5 nitrogen and oxygen atoms in total. The number of nitrogens with one attached hydrogen (secondary N) is 1. The fourth-order valence-electron chi connectivity index (χ4n) is 3.40. The van der Waals surface area contributed by atoms with Crippen LogP contribution < -0.4 is 5.56 Å². The summed E-state index contributed by atoms with van der Waals surface area (Å²) in [6.45, 7) is 1.28. The standard InChI is InChI=1S/C15H21IN2O3/c1-20-15(6-8-21-9-7-15)14-17-12(10-4-2-3-5-10)11(16)13(19)18-14/h10H,2-9H2,1H3,(H,17,18,19). The van der Waals surface area contributed by atoms with E-state index >= 15 is 0 Å². The zero-order chi connectivity index (χ0) is 14.9. The van der Waals surface area contributed by atoms with Crippen LogP contribution in [0, 0.1) is 3.57 Å². The van der Waals surface area contributed by atoms with Crippen molar-refractivity contribution in [3.05, 3.63) is 25.4 Å². The number of aromatic amines is 1. The quantitative estimate of drug-likeness (QED) is 0.787. The predicted octanol–water partition coefficient (Wildman–Crippen LogP) is 2.68. The number of halogens is 1. The maximum absolute atomic E-state index is 12.3. The molecule has 2 aliphatic rings. The maximum atomic E-state index is 12.3. The van der Waals surface area contributed by atoms with Crippen molar-refractivity contribution >= 4 is 22.6 Å². The number of hydrogen-bond acceptors (Lipinski definition) is 4. The first-order valence-corrected chi connectivity index (χ1v) is 8.67. The molecule has 0 unspecified atom stereocenters. The van der Waals surface area contributed by atoms with Crippen molar-refractivity contribution in [1.29, 1.82) is 0 Å². The van der Waals surface area contributed by atoms with E-state index in [1.54, 1.807) is 7.11 Å². The highest BCUT2D eigenvalue weighted by Gasteiger charge is 2.38. The number of methoxy groups -OCH3 is 1. The molecule has 21 heavy (non-hydrogen) atoms. The molecule has 3 rings (SSSR count). The zero-order valence-corrected chi connectivity index (χ0v) is 14.4. The Hall–Kier alpha value is -0.470. The Balaban J connectivity index is 2.04. The van der Waals surface area contributed by atoms with Gasteiger partial charge >= 0.3 is 0 Å². The van der Waals surface area contributed by atoms with E-state index < -0.39 is 5.60 Å². The van der Waals surface area contributed by atoms with Crippen LogP contribution in [0.4, 0.5) is 0 Å². The van der Waals surface area contributed by atoms with Crippen LogP contribution in [0.15, 0.2) is 4.79 Å². The Morgan fingerprint density at radius 3 is 2.62 bits per heavy atom. The van der Waals surface area contributed by atoms with E-state index in [1.165, 1.54) is 12.8 Å². The van der Waals surface area contributed by atoms with Gasteiger partial charge in [-0.1, -0.05) is 12.8 Å². The Kier molecular flexibility index (Phi) is 4.66. The normalized spacial score (nSPS) is 22.6. The summed E-state index contributed by atoms with van der Waals surface area (Å²) in [7, 11) is 1.69. The van der Waals surface area contributed by atoms with Crippen molar-refractivity contribution in [2.24, 2.45) is 0 Å². The molecule has 1 saturated carbocycles. The average molecular weight is 404 g/mol. The largest absolute Gasteiger partial charge is 0.381 e. The van der Waals surface area contributed by atoms with Gasteiger partial charge in [-0.2, -0.15) is 0 Å². The lowest BCUT2D eigenvalue weighted by atomic mass is 9.92. The molecule has 1 aromatic heterocycles. The lowest BCUT2D eigenvalue weighted by Crippen LogP contribution is -2.39. The van der Waals surface area contributed by atoms with Gasteiger partial charge < -0.3 is 14.5 Å². The monoisotopic (exact) mass is 404 g/mol. The van der Waals surface area contributed by atoms with Gasteiger partial charge in [-0.05, 0) is 35.4 Å². The number of nitrogens with zero attached hydrogens (tertiary/aromatic N) is 1. The van der Waals surface area contributed by atoms with Crippen LogP contribution >= 0.6 is 22.6 Å². The molecule has 0 spiro atoms. The summed E-state index contributed by atoms with van der Waals surface area (Å²) >= 11 is 2.13. The van der Waals surface area contributed by atoms with Crippen LogP contribution in [0.2, 0.25) is 0 Å². The Morgan fingerprint density at radius 2 is 2.00 bits per heavy atom. The number of hydrogen-bond donors (Lipinski definition) is 1. The SMILES string of the molecule is COC1(c2nc(C3CCCC3)c(I)c(=O)[nH]2)CCOCC1. The molecule has 0 aromatic carbocycles. The summed E-state index contributed by atoms with van der Waals surface area (Å²) < 4.78 is 11.9. The van der Waals surface area contributed by atoms with Gasteiger partial charge in [0.15, 0.2) is 0 Å². The molecule has 1 aromatic rings. The van der Waals surface area contributed by atoms with Crippen molar-refractivity contribution in [3.63, 3.8) is 0 Å².